The lowest BCUT2D eigenvalue weighted by molar-refractivity contribution is -0.185. The number of hydrogen-bond acceptors (Lipinski definition) is 3. The lowest BCUT2D eigenvalue weighted by Crippen LogP contribution is -2.46. The first-order chi connectivity index (χ1) is 8.88. The highest BCUT2D eigenvalue weighted by Gasteiger charge is 2.41. The summed E-state index contributed by atoms with van der Waals surface area (Å²) in [7, 11) is 0. The molecule has 0 radical (unpaired) electrons. The van der Waals surface area contributed by atoms with Crippen molar-refractivity contribution in [3.05, 3.63) is 0 Å². The van der Waals surface area contributed by atoms with E-state index in [2.05, 4.69) is 5.32 Å². The second kappa shape index (κ2) is 5.36. The van der Waals surface area contributed by atoms with E-state index in [1.54, 1.807) is 4.90 Å². The minimum Gasteiger partial charge on any atom is -0.336 e. The van der Waals surface area contributed by atoms with Crippen molar-refractivity contribution in [3.8, 4) is 0 Å². The van der Waals surface area contributed by atoms with Crippen LogP contribution in [0.25, 0.3) is 0 Å². The maximum absolute atomic E-state index is 12.5. The van der Waals surface area contributed by atoms with E-state index in [4.69, 9.17) is 0 Å². The van der Waals surface area contributed by atoms with Crippen LogP contribution < -0.4 is 5.32 Å². The SMILES string of the molecule is O=C(CN1CCC(C(F)(F)F)CC1)N1CCNC1=O. The van der Waals surface area contributed by atoms with Gasteiger partial charge in [0, 0.05) is 13.1 Å². The van der Waals surface area contributed by atoms with Gasteiger partial charge in [-0.05, 0) is 25.9 Å². The number of imide groups is 1. The van der Waals surface area contributed by atoms with Gasteiger partial charge in [-0.25, -0.2) is 4.79 Å². The molecule has 1 N–H and O–H groups in total. The summed E-state index contributed by atoms with van der Waals surface area (Å²) in [4.78, 5) is 25.9. The summed E-state index contributed by atoms with van der Waals surface area (Å²) in [6, 6.07) is -0.421. The molecule has 0 aromatic rings. The summed E-state index contributed by atoms with van der Waals surface area (Å²) < 4.78 is 37.4. The maximum atomic E-state index is 12.5. The molecule has 0 spiro atoms. The van der Waals surface area contributed by atoms with Gasteiger partial charge in [-0.2, -0.15) is 13.2 Å². The number of nitrogens with zero attached hydrogens (tertiary/aromatic N) is 2. The number of piperidine rings is 1. The van der Waals surface area contributed by atoms with Gasteiger partial charge in [0.1, 0.15) is 0 Å². The predicted octanol–water partition coefficient (Wildman–Crippen LogP) is 0.813. The van der Waals surface area contributed by atoms with Gasteiger partial charge in [-0.3, -0.25) is 14.6 Å². The largest absolute Gasteiger partial charge is 0.391 e. The van der Waals surface area contributed by atoms with Crippen molar-refractivity contribution >= 4 is 11.9 Å². The van der Waals surface area contributed by atoms with E-state index in [9.17, 15) is 22.8 Å². The second-order valence-electron chi connectivity index (χ2n) is 4.87. The first-order valence-corrected chi connectivity index (χ1v) is 6.25. The van der Waals surface area contributed by atoms with Crippen molar-refractivity contribution in [1.29, 1.82) is 0 Å². The van der Waals surface area contributed by atoms with Crippen LogP contribution in [0.4, 0.5) is 18.0 Å². The molecule has 8 heteroatoms. The van der Waals surface area contributed by atoms with E-state index in [-0.39, 0.29) is 38.4 Å². The zero-order chi connectivity index (χ0) is 14.0. The van der Waals surface area contributed by atoms with Crippen LogP contribution in [0.3, 0.4) is 0 Å². The number of alkyl halides is 3. The van der Waals surface area contributed by atoms with Crippen LogP contribution in [0.2, 0.25) is 0 Å². The third-order valence-corrected chi connectivity index (χ3v) is 3.57. The van der Waals surface area contributed by atoms with Crippen LogP contribution >= 0.6 is 0 Å². The molecule has 0 aromatic heterocycles. The molecule has 2 saturated heterocycles. The van der Waals surface area contributed by atoms with Gasteiger partial charge in [0.25, 0.3) is 0 Å². The Bertz CT molecular complexity index is 365. The Morgan fingerprint density at radius 1 is 1.26 bits per heavy atom. The third-order valence-electron chi connectivity index (χ3n) is 3.57. The molecular weight excluding hydrogens is 263 g/mol. The average molecular weight is 279 g/mol. The quantitative estimate of drug-likeness (QED) is 0.814. The molecule has 2 rings (SSSR count). The standard InChI is InChI=1S/C11H16F3N3O2/c12-11(13,14)8-1-4-16(5-2-8)7-9(18)17-6-3-15-10(17)19/h8H,1-7H2,(H,15,19). The number of hydrogen-bond donors (Lipinski definition) is 1. The Labute approximate surface area is 108 Å². The van der Waals surface area contributed by atoms with Crippen LogP contribution in [0.15, 0.2) is 0 Å². The fourth-order valence-corrected chi connectivity index (χ4v) is 2.40. The molecule has 0 bridgehead atoms. The Hall–Kier alpha value is -1.31. The molecule has 0 aliphatic carbocycles. The Morgan fingerprint density at radius 2 is 1.89 bits per heavy atom. The van der Waals surface area contributed by atoms with Crippen molar-refractivity contribution in [2.45, 2.75) is 19.0 Å². The number of urea groups is 1. The summed E-state index contributed by atoms with van der Waals surface area (Å²) in [5.41, 5.74) is 0. The van der Waals surface area contributed by atoms with E-state index in [1.165, 1.54) is 0 Å². The normalized spacial score (nSPS) is 22.7. The van der Waals surface area contributed by atoms with Gasteiger partial charge in [0.2, 0.25) is 5.91 Å². The molecule has 0 saturated carbocycles. The van der Waals surface area contributed by atoms with Crippen molar-refractivity contribution in [3.63, 3.8) is 0 Å². The second-order valence-corrected chi connectivity index (χ2v) is 4.87. The summed E-state index contributed by atoms with van der Waals surface area (Å²) >= 11 is 0. The molecule has 108 valence electrons. The minimum atomic E-state index is -4.15. The zero-order valence-corrected chi connectivity index (χ0v) is 10.4. The monoisotopic (exact) mass is 279 g/mol. The fraction of sp³-hybridized carbons (Fsp3) is 0.818. The maximum Gasteiger partial charge on any atom is 0.391 e. The van der Waals surface area contributed by atoms with Crippen molar-refractivity contribution in [1.82, 2.24) is 15.1 Å². The molecule has 2 fully saturated rings. The molecule has 2 heterocycles. The smallest absolute Gasteiger partial charge is 0.336 e. The highest BCUT2D eigenvalue weighted by molar-refractivity contribution is 5.96. The van der Waals surface area contributed by atoms with Crippen LogP contribution in [0.1, 0.15) is 12.8 Å². The lowest BCUT2D eigenvalue weighted by Gasteiger charge is -2.32. The van der Waals surface area contributed by atoms with Crippen LogP contribution in [-0.4, -0.2) is 60.6 Å². The van der Waals surface area contributed by atoms with Crippen molar-refractivity contribution < 1.29 is 22.8 Å². The molecule has 0 unspecified atom stereocenters. The highest BCUT2D eigenvalue weighted by Crippen LogP contribution is 2.33. The van der Waals surface area contributed by atoms with Gasteiger partial charge in [-0.1, -0.05) is 0 Å². The number of likely N-dealkylation sites (tertiary alicyclic amines) is 1. The third kappa shape index (κ3) is 3.37. The molecule has 3 amide bonds. The number of carbonyl (C=O) groups is 2. The van der Waals surface area contributed by atoms with Gasteiger partial charge in [-0.15, -0.1) is 0 Å². The zero-order valence-electron chi connectivity index (χ0n) is 10.4. The van der Waals surface area contributed by atoms with Gasteiger partial charge < -0.3 is 5.32 Å². The van der Waals surface area contributed by atoms with E-state index >= 15 is 0 Å². The van der Waals surface area contributed by atoms with Crippen molar-refractivity contribution in [2.24, 2.45) is 5.92 Å². The van der Waals surface area contributed by atoms with E-state index in [1.807, 2.05) is 0 Å². The fourth-order valence-electron chi connectivity index (χ4n) is 2.40. The highest BCUT2D eigenvalue weighted by atomic mass is 19.4. The number of halogens is 3. The Balaban J connectivity index is 1.79. The minimum absolute atomic E-state index is 0.0119. The summed E-state index contributed by atoms with van der Waals surface area (Å²) in [6.07, 6.45) is -4.11. The summed E-state index contributed by atoms with van der Waals surface area (Å²) in [5.74, 6) is -1.62. The Morgan fingerprint density at radius 3 is 2.37 bits per heavy atom. The molecule has 2 aliphatic rings. The molecular formula is C11H16F3N3O2. The number of amides is 3. The molecule has 2 aliphatic heterocycles. The van der Waals surface area contributed by atoms with Gasteiger partial charge in [0.15, 0.2) is 0 Å². The topological polar surface area (TPSA) is 52.7 Å². The predicted molar refractivity (Wildman–Crippen MR) is 60.3 cm³/mol. The van der Waals surface area contributed by atoms with Gasteiger partial charge in [0.05, 0.1) is 12.5 Å². The van der Waals surface area contributed by atoms with Crippen LogP contribution in [0.5, 0.6) is 0 Å². The first-order valence-electron chi connectivity index (χ1n) is 6.25. The van der Waals surface area contributed by atoms with E-state index in [0.29, 0.717) is 13.1 Å². The first kappa shape index (κ1) is 14.1. The average Bonchev–Trinajstić information content (AvgIpc) is 2.75. The van der Waals surface area contributed by atoms with E-state index in [0.717, 1.165) is 4.90 Å². The Kier molecular flexibility index (Phi) is 3.98. The molecule has 0 aromatic carbocycles. The number of rotatable bonds is 2. The van der Waals surface area contributed by atoms with Crippen LogP contribution in [0, 0.1) is 5.92 Å². The van der Waals surface area contributed by atoms with Gasteiger partial charge >= 0.3 is 12.2 Å². The summed E-state index contributed by atoms with van der Waals surface area (Å²) in [6.45, 7) is 1.26. The number of nitrogens with one attached hydrogen (secondary N) is 1. The number of carbonyl (C=O) groups excluding carboxylic acids is 2. The van der Waals surface area contributed by atoms with Crippen molar-refractivity contribution in [2.75, 3.05) is 32.7 Å². The molecule has 5 nitrogen and oxygen atoms in total. The molecule has 19 heavy (non-hydrogen) atoms. The lowest BCUT2D eigenvalue weighted by atomic mass is 9.96. The molecule has 0 atom stereocenters. The van der Waals surface area contributed by atoms with Crippen LogP contribution in [-0.2, 0) is 4.79 Å². The van der Waals surface area contributed by atoms with E-state index < -0.39 is 18.1 Å². The summed E-state index contributed by atoms with van der Waals surface area (Å²) in [5, 5.41) is 2.51.